The van der Waals surface area contributed by atoms with Gasteiger partial charge in [-0.1, -0.05) is 11.6 Å². The molecule has 1 aromatic rings. The number of hydrogen-bond acceptors (Lipinski definition) is 3. The van der Waals surface area contributed by atoms with Gasteiger partial charge in [-0.3, -0.25) is 9.59 Å². The molecule has 0 spiro atoms. The molecule has 0 unspecified atom stereocenters. The lowest BCUT2D eigenvalue weighted by Gasteiger charge is -2.26. The Bertz CT molecular complexity index is 602. The predicted octanol–water partition coefficient (Wildman–Crippen LogP) is 1.06. The van der Waals surface area contributed by atoms with Crippen LogP contribution in [-0.2, 0) is 22.3 Å². The standard InChI is InChI=1S/C15H18F3N3O2/c1-10-4-11(6-12(5-10)15(16,17)18)7-20-13(22)9-21-3-2-19-8-14(21)23/h4-6,19H,2-3,7-9H2,1H3,(H,20,22). The summed E-state index contributed by atoms with van der Waals surface area (Å²) >= 11 is 0. The topological polar surface area (TPSA) is 61.4 Å². The van der Waals surface area contributed by atoms with Crippen molar-refractivity contribution in [2.45, 2.75) is 19.6 Å². The lowest BCUT2D eigenvalue weighted by Crippen LogP contribution is -2.51. The number of alkyl halides is 3. The van der Waals surface area contributed by atoms with Crippen LogP contribution in [0.25, 0.3) is 0 Å². The molecule has 0 aliphatic carbocycles. The van der Waals surface area contributed by atoms with Gasteiger partial charge in [0.05, 0.1) is 18.7 Å². The summed E-state index contributed by atoms with van der Waals surface area (Å²) in [7, 11) is 0. The Balaban J connectivity index is 1.94. The molecular formula is C15H18F3N3O2. The van der Waals surface area contributed by atoms with Crippen LogP contribution in [0.2, 0.25) is 0 Å². The van der Waals surface area contributed by atoms with Crippen molar-refractivity contribution in [3.05, 3.63) is 34.9 Å². The second kappa shape index (κ2) is 6.99. The van der Waals surface area contributed by atoms with E-state index in [1.54, 1.807) is 13.0 Å². The van der Waals surface area contributed by atoms with Crippen LogP contribution in [-0.4, -0.2) is 42.9 Å². The zero-order valence-electron chi connectivity index (χ0n) is 12.7. The Morgan fingerprint density at radius 1 is 1.35 bits per heavy atom. The molecule has 1 heterocycles. The molecule has 0 radical (unpaired) electrons. The fourth-order valence-corrected chi connectivity index (χ4v) is 2.37. The zero-order valence-corrected chi connectivity index (χ0v) is 12.7. The molecule has 1 aromatic carbocycles. The van der Waals surface area contributed by atoms with Crippen LogP contribution in [0.5, 0.6) is 0 Å². The molecule has 0 bridgehead atoms. The second-order valence-corrected chi connectivity index (χ2v) is 5.47. The Labute approximate surface area is 131 Å². The number of halogens is 3. The minimum atomic E-state index is -4.42. The van der Waals surface area contributed by atoms with Crippen LogP contribution >= 0.6 is 0 Å². The van der Waals surface area contributed by atoms with Gasteiger partial charge < -0.3 is 15.5 Å². The highest BCUT2D eigenvalue weighted by molar-refractivity contribution is 5.86. The minimum absolute atomic E-state index is 0.0100. The molecule has 0 saturated carbocycles. The number of rotatable bonds is 4. The number of benzene rings is 1. The Kier molecular flexibility index (Phi) is 5.25. The van der Waals surface area contributed by atoms with E-state index in [4.69, 9.17) is 0 Å². The average Bonchev–Trinajstić information content (AvgIpc) is 2.46. The van der Waals surface area contributed by atoms with Crippen LogP contribution in [0.15, 0.2) is 18.2 Å². The summed E-state index contributed by atoms with van der Waals surface area (Å²) in [6, 6.07) is 3.67. The Hall–Kier alpha value is -2.09. The third-order valence-corrected chi connectivity index (χ3v) is 3.48. The van der Waals surface area contributed by atoms with Crippen LogP contribution < -0.4 is 10.6 Å². The van der Waals surface area contributed by atoms with Crippen molar-refractivity contribution in [2.24, 2.45) is 0 Å². The molecule has 2 amide bonds. The van der Waals surface area contributed by atoms with Crippen LogP contribution in [0, 0.1) is 6.92 Å². The van der Waals surface area contributed by atoms with Gasteiger partial charge in [0.15, 0.2) is 0 Å². The van der Waals surface area contributed by atoms with Crippen molar-refractivity contribution in [2.75, 3.05) is 26.2 Å². The van der Waals surface area contributed by atoms with Gasteiger partial charge in [0.25, 0.3) is 0 Å². The molecular weight excluding hydrogens is 311 g/mol. The van der Waals surface area contributed by atoms with E-state index in [0.717, 1.165) is 12.1 Å². The molecule has 23 heavy (non-hydrogen) atoms. The van der Waals surface area contributed by atoms with Crippen molar-refractivity contribution in [3.63, 3.8) is 0 Å². The normalized spacial score (nSPS) is 15.7. The highest BCUT2D eigenvalue weighted by atomic mass is 19.4. The number of nitrogens with one attached hydrogen (secondary N) is 2. The maximum atomic E-state index is 12.8. The van der Waals surface area contributed by atoms with E-state index >= 15 is 0 Å². The van der Waals surface area contributed by atoms with E-state index in [1.807, 2.05) is 0 Å². The molecule has 8 heteroatoms. The van der Waals surface area contributed by atoms with Gasteiger partial charge in [0.1, 0.15) is 0 Å². The number of piperazine rings is 1. The number of aryl methyl sites for hydroxylation is 1. The third-order valence-electron chi connectivity index (χ3n) is 3.48. The monoisotopic (exact) mass is 329 g/mol. The van der Waals surface area contributed by atoms with Gasteiger partial charge in [-0.2, -0.15) is 13.2 Å². The highest BCUT2D eigenvalue weighted by Gasteiger charge is 2.30. The zero-order chi connectivity index (χ0) is 17.0. The molecule has 1 fully saturated rings. The van der Waals surface area contributed by atoms with Gasteiger partial charge in [-0.05, 0) is 24.6 Å². The highest BCUT2D eigenvalue weighted by Crippen LogP contribution is 2.30. The van der Waals surface area contributed by atoms with Crippen molar-refractivity contribution in [3.8, 4) is 0 Å². The molecule has 5 nitrogen and oxygen atoms in total. The largest absolute Gasteiger partial charge is 0.416 e. The Morgan fingerprint density at radius 2 is 2.09 bits per heavy atom. The maximum Gasteiger partial charge on any atom is 0.416 e. The minimum Gasteiger partial charge on any atom is -0.350 e. The first-order valence-electron chi connectivity index (χ1n) is 7.18. The van der Waals surface area contributed by atoms with Crippen LogP contribution in [0.1, 0.15) is 16.7 Å². The maximum absolute atomic E-state index is 12.8. The predicted molar refractivity (Wildman–Crippen MR) is 77.5 cm³/mol. The van der Waals surface area contributed by atoms with Gasteiger partial charge in [-0.25, -0.2) is 0 Å². The summed E-state index contributed by atoms with van der Waals surface area (Å²) in [5.41, 5.74) is 0.109. The molecule has 0 aromatic heterocycles. The fraction of sp³-hybridized carbons (Fsp3) is 0.467. The van der Waals surface area contributed by atoms with Crippen molar-refractivity contribution in [1.29, 1.82) is 0 Å². The van der Waals surface area contributed by atoms with E-state index in [9.17, 15) is 22.8 Å². The van der Waals surface area contributed by atoms with Gasteiger partial charge >= 0.3 is 6.18 Å². The molecule has 1 aliphatic heterocycles. The van der Waals surface area contributed by atoms with E-state index < -0.39 is 17.6 Å². The SMILES string of the molecule is Cc1cc(CNC(=O)CN2CCNCC2=O)cc(C(F)(F)F)c1. The van der Waals surface area contributed by atoms with E-state index in [0.29, 0.717) is 24.2 Å². The lowest BCUT2D eigenvalue weighted by atomic mass is 10.1. The van der Waals surface area contributed by atoms with Crippen LogP contribution in [0.4, 0.5) is 13.2 Å². The summed E-state index contributed by atoms with van der Waals surface area (Å²) in [6.45, 7) is 2.73. The fourth-order valence-electron chi connectivity index (χ4n) is 2.37. The average molecular weight is 329 g/mol. The van der Waals surface area contributed by atoms with Crippen molar-refractivity contribution in [1.82, 2.24) is 15.5 Å². The van der Waals surface area contributed by atoms with Gasteiger partial charge in [0.2, 0.25) is 11.8 Å². The summed E-state index contributed by atoms with van der Waals surface area (Å²) < 4.78 is 38.3. The Morgan fingerprint density at radius 3 is 2.74 bits per heavy atom. The molecule has 126 valence electrons. The van der Waals surface area contributed by atoms with E-state index in [-0.39, 0.29) is 25.5 Å². The van der Waals surface area contributed by atoms with Crippen LogP contribution in [0.3, 0.4) is 0 Å². The summed E-state index contributed by atoms with van der Waals surface area (Å²) in [6.07, 6.45) is -4.42. The number of carbonyl (C=O) groups excluding carboxylic acids is 2. The molecule has 2 rings (SSSR count). The lowest BCUT2D eigenvalue weighted by molar-refractivity contribution is -0.137. The van der Waals surface area contributed by atoms with Gasteiger partial charge in [0, 0.05) is 19.6 Å². The van der Waals surface area contributed by atoms with E-state index in [2.05, 4.69) is 10.6 Å². The molecule has 2 N–H and O–H groups in total. The first-order valence-corrected chi connectivity index (χ1v) is 7.18. The van der Waals surface area contributed by atoms with Crippen molar-refractivity contribution < 1.29 is 22.8 Å². The first kappa shape index (κ1) is 17.3. The van der Waals surface area contributed by atoms with Gasteiger partial charge in [-0.15, -0.1) is 0 Å². The number of hydrogen-bond donors (Lipinski definition) is 2. The molecule has 1 aliphatic rings. The first-order chi connectivity index (χ1) is 10.8. The molecule has 0 atom stereocenters. The van der Waals surface area contributed by atoms with Crippen molar-refractivity contribution >= 4 is 11.8 Å². The summed E-state index contributed by atoms with van der Waals surface area (Å²) in [4.78, 5) is 24.8. The summed E-state index contributed by atoms with van der Waals surface area (Å²) in [5.74, 6) is -0.559. The molecule has 1 saturated heterocycles. The quantitative estimate of drug-likeness (QED) is 0.868. The van der Waals surface area contributed by atoms with E-state index in [1.165, 1.54) is 4.90 Å². The summed E-state index contributed by atoms with van der Waals surface area (Å²) in [5, 5.41) is 5.44. The smallest absolute Gasteiger partial charge is 0.350 e. The third kappa shape index (κ3) is 4.95. The number of carbonyl (C=O) groups is 2. The number of nitrogens with zero attached hydrogens (tertiary/aromatic N) is 1. The second-order valence-electron chi connectivity index (χ2n) is 5.47. The number of amides is 2.